The Morgan fingerprint density at radius 3 is 2.70 bits per heavy atom. The van der Waals surface area contributed by atoms with Crippen LogP contribution in [0.2, 0.25) is 0 Å². The number of hydrogen-bond donors (Lipinski definition) is 1. The van der Waals surface area contributed by atoms with E-state index in [0.717, 1.165) is 5.56 Å². The third kappa shape index (κ3) is 2.99. The van der Waals surface area contributed by atoms with Crippen LogP contribution >= 0.6 is 0 Å². The van der Waals surface area contributed by atoms with Gasteiger partial charge in [-0.2, -0.15) is 0 Å². The second-order valence-electron chi connectivity index (χ2n) is 5.12. The minimum atomic E-state index is -0.894. The number of nitrogens with zero attached hydrogens (tertiary/aromatic N) is 1. The number of carbonyl (C=O) groups excluding carboxylic acids is 1. The van der Waals surface area contributed by atoms with Gasteiger partial charge >= 0.3 is 5.97 Å². The average molecular weight is 277 g/mol. The molecule has 2 unspecified atom stereocenters. The van der Waals surface area contributed by atoms with E-state index in [1.807, 2.05) is 25.1 Å². The standard InChI is InChI=1S/C15H19NO4/c1-10-5-3-4-6-13(10)15(19)16-9-12(20-2)7-11(16)8-14(17)18/h3-6,11-12H,7-9H2,1-2H3,(H,17,18). The fourth-order valence-corrected chi connectivity index (χ4v) is 2.66. The molecule has 108 valence electrons. The monoisotopic (exact) mass is 277 g/mol. The van der Waals surface area contributed by atoms with E-state index in [0.29, 0.717) is 18.5 Å². The zero-order chi connectivity index (χ0) is 14.7. The van der Waals surface area contributed by atoms with Gasteiger partial charge in [-0.15, -0.1) is 0 Å². The van der Waals surface area contributed by atoms with Crippen LogP contribution in [0.3, 0.4) is 0 Å². The maximum absolute atomic E-state index is 12.6. The fourth-order valence-electron chi connectivity index (χ4n) is 2.66. The Kier molecular flexibility index (Phi) is 4.39. The van der Waals surface area contributed by atoms with Crippen LogP contribution in [0, 0.1) is 6.92 Å². The van der Waals surface area contributed by atoms with Gasteiger partial charge in [0.15, 0.2) is 0 Å². The van der Waals surface area contributed by atoms with Gasteiger partial charge in [0.25, 0.3) is 5.91 Å². The van der Waals surface area contributed by atoms with Crippen molar-refractivity contribution in [3.8, 4) is 0 Å². The van der Waals surface area contributed by atoms with Crippen molar-refractivity contribution in [2.75, 3.05) is 13.7 Å². The van der Waals surface area contributed by atoms with Crippen molar-refractivity contribution >= 4 is 11.9 Å². The van der Waals surface area contributed by atoms with Crippen LogP contribution in [-0.4, -0.2) is 47.7 Å². The summed E-state index contributed by atoms with van der Waals surface area (Å²) >= 11 is 0. The lowest BCUT2D eigenvalue weighted by Crippen LogP contribution is -2.37. The Morgan fingerprint density at radius 1 is 1.40 bits per heavy atom. The first-order chi connectivity index (χ1) is 9.52. The van der Waals surface area contributed by atoms with Gasteiger partial charge in [0.05, 0.1) is 12.5 Å². The molecule has 5 heteroatoms. The largest absolute Gasteiger partial charge is 0.481 e. The smallest absolute Gasteiger partial charge is 0.305 e. The second-order valence-corrected chi connectivity index (χ2v) is 5.12. The third-order valence-corrected chi connectivity index (χ3v) is 3.76. The number of aliphatic carboxylic acids is 1. The lowest BCUT2D eigenvalue weighted by atomic mass is 10.1. The number of ether oxygens (including phenoxy) is 1. The lowest BCUT2D eigenvalue weighted by Gasteiger charge is -2.24. The maximum atomic E-state index is 12.6. The molecular formula is C15H19NO4. The van der Waals surface area contributed by atoms with Crippen molar-refractivity contribution in [1.82, 2.24) is 4.90 Å². The summed E-state index contributed by atoms with van der Waals surface area (Å²) in [5.74, 6) is -1.01. The third-order valence-electron chi connectivity index (χ3n) is 3.76. The molecule has 0 aromatic heterocycles. The Balaban J connectivity index is 2.22. The molecule has 0 radical (unpaired) electrons. The summed E-state index contributed by atoms with van der Waals surface area (Å²) in [7, 11) is 1.59. The van der Waals surface area contributed by atoms with E-state index in [1.165, 1.54) is 0 Å². The van der Waals surface area contributed by atoms with Crippen LogP contribution in [0.25, 0.3) is 0 Å². The van der Waals surface area contributed by atoms with Gasteiger partial charge in [0, 0.05) is 25.3 Å². The van der Waals surface area contributed by atoms with E-state index < -0.39 is 5.97 Å². The van der Waals surface area contributed by atoms with E-state index in [1.54, 1.807) is 18.1 Å². The van der Waals surface area contributed by atoms with Gasteiger partial charge in [-0.3, -0.25) is 9.59 Å². The molecule has 2 rings (SSSR count). The van der Waals surface area contributed by atoms with Crippen molar-refractivity contribution in [3.05, 3.63) is 35.4 Å². The highest BCUT2D eigenvalue weighted by Crippen LogP contribution is 2.25. The summed E-state index contributed by atoms with van der Waals surface area (Å²) in [5, 5.41) is 8.98. The highest BCUT2D eigenvalue weighted by atomic mass is 16.5. The number of amides is 1. The summed E-state index contributed by atoms with van der Waals surface area (Å²) in [5.41, 5.74) is 1.52. The molecule has 1 N–H and O–H groups in total. The van der Waals surface area contributed by atoms with Crippen LogP contribution in [0.5, 0.6) is 0 Å². The fraction of sp³-hybridized carbons (Fsp3) is 0.467. The second kappa shape index (κ2) is 6.05. The van der Waals surface area contributed by atoms with Crippen LogP contribution in [0.1, 0.15) is 28.8 Å². The molecule has 1 aliphatic rings. The maximum Gasteiger partial charge on any atom is 0.305 e. The number of hydrogen-bond acceptors (Lipinski definition) is 3. The Morgan fingerprint density at radius 2 is 2.10 bits per heavy atom. The van der Waals surface area contributed by atoms with E-state index in [-0.39, 0.29) is 24.5 Å². The van der Waals surface area contributed by atoms with E-state index in [4.69, 9.17) is 9.84 Å². The number of rotatable bonds is 4. The van der Waals surface area contributed by atoms with Gasteiger partial charge in [0.1, 0.15) is 0 Å². The molecule has 2 atom stereocenters. The summed E-state index contributed by atoms with van der Waals surface area (Å²) < 4.78 is 5.28. The van der Waals surface area contributed by atoms with Crippen LogP contribution < -0.4 is 0 Å². The Hall–Kier alpha value is -1.88. The predicted molar refractivity (Wildman–Crippen MR) is 73.7 cm³/mol. The minimum absolute atomic E-state index is 0.0442. The lowest BCUT2D eigenvalue weighted by molar-refractivity contribution is -0.137. The van der Waals surface area contributed by atoms with Gasteiger partial charge in [0.2, 0.25) is 0 Å². The number of carbonyl (C=O) groups is 2. The summed E-state index contributed by atoms with van der Waals surface area (Å²) in [6.07, 6.45) is 0.435. The number of carboxylic acid groups (broad SMARTS) is 1. The van der Waals surface area contributed by atoms with E-state index in [2.05, 4.69) is 0 Å². The van der Waals surface area contributed by atoms with Crippen molar-refractivity contribution in [2.45, 2.75) is 31.9 Å². The number of methoxy groups -OCH3 is 1. The number of likely N-dealkylation sites (tertiary alicyclic amines) is 1. The molecule has 1 saturated heterocycles. The van der Waals surface area contributed by atoms with Crippen molar-refractivity contribution in [3.63, 3.8) is 0 Å². The van der Waals surface area contributed by atoms with Gasteiger partial charge < -0.3 is 14.7 Å². The SMILES string of the molecule is COC1CC(CC(=O)O)N(C(=O)c2ccccc2C)C1. The highest BCUT2D eigenvalue weighted by molar-refractivity contribution is 5.96. The molecule has 0 spiro atoms. The first-order valence-electron chi connectivity index (χ1n) is 6.64. The quantitative estimate of drug-likeness (QED) is 0.909. The van der Waals surface area contributed by atoms with Gasteiger partial charge in [-0.05, 0) is 25.0 Å². The molecule has 0 aliphatic carbocycles. The van der Waals surface area contributed by atoms with Crippen LogP contribution in [0.4, 0.5) is 0 Å². The number of benzene rings is 1. The zero-order valence-electron chi connectivity index (χ0n) is 11.7. The minimum Gasteiger partial charge on any atom is -0.481 e. The molecule has 1 aromatic carbocycles. The first-order valence-corrected chi connectivity index (χ1v) is 6.64. The molecule has 20 heavy (non-hydrogen) atoms. The molecular weight excluding hydrogens is 258 g/mol. The molecule has 1 heterocycles. The molecule has 1 aliphatic heterocycles. The number of aryl methyl sites for hydroxylation is 1. The normalized spacial score (nSPS) is 22.0. The Bertz CT molecular complexity index is 514. The molecule has 1 amide bonds. The zero-order valence-corrected chi connectivity index (χ0v) is 11.7. The molecule has 0 bridgehead atoms. The highest BCUT2D eigenvalue weighted by Gasteiger charge is 2.37. The van der Waals surface area contributed by atoms with Crippen molar-refractivity contribution < 1.29 is 19.4 Å². The van der Waals surface area contributed by atoms with Gasteiger partial charge in [-0.25, -0.2) is 0 Å². The summed E-state index contributed by atoms with van der Waals surface area (Å²) in [6, 6.07) is 7.04. The topological polar surface area (TPSA) is 66.8 Å². The van der Waals surface area contributed by atoms with Crippen molar-refractivity contribution in [1.29, 1.82) is 0 Å². The molecule has 5 nitrogen and oxygen atoms in total. The van der Waals surface area contributed by atoms with Crippen LogP contribution in [0.15, 0.2) is 24.3 Å². The van der Waals surface area contributed by atoms with E-state index >= 15 is 0 Å². The van der Waals surface area contributed by atoms with Crippen molar-refractivity contribution in [2.24, 2.45) is 0 Å². The first kappa shape index (κ1) is 14.5. The van der Waals surface area contributed by atoms with Crippen LogP contribution in [-0.2, 0) is 9.53 Å². The Labute approximate surface area is 118 Å². The molecule has 1 aromatic rings. The van der Waals surface area contributed by atoms with E-state index in [9.17, 15) is 9.59 Å². The summed E-state index contributed by atoms with van der Waals surface area (Å²) in [6.45, 7) is 2.32. The van der Waals surface area contributed by atoms with Gasteiger partial charge in [-0.1, -0.05) is 18.2 Å². The average Bonchev–Trinajstić information content (AvgIpc) is 2.81. The number of carboxylic acids is 1. The molecule has 1 fully saturated rings. The summed E-state index contributed by atoms with van der Waals surface area (Å²) in [4.78, 5) is 25.2. The molecule has 0 saturated carbocycles. The predicted octanol–water partition coefficient (Wildman–Crippen LogP) is 1.70.